The predicted molar refractivity (Wildman–Crippen MR) is 101 cm³/mol. The molecule has 1 aliphatic rings. The Hall–Kier alpha value is -2.04. The lowest BCUT2D eigenvalue weighted by Gasteiger charge is -2.12. The Kier molecular flexibility index (Phi) is 7.29. The topological polar surface area (TPSA) is 62.5 Å². The minimum atomic E-state index is -0.928. The van der Waals surface area contributed by atoms with Crippen LogP contribution in [0.25, 0.3) is 11.3 Å². The Morgan fingerprint density at radius 1 is 1.20 bits per heavy atom. The molecular formula is C20H24ClNO3. The van der Waals surface area contributed by atoms with Gasteiger partial charge in [-0.3, -0.25) is 0 Å². The van der Waals surface area contributed by atoms with Gasteiger partial charge in [0.05, 0.1) is 12.1 Å². The molecule has 134 valence electrons. The molecule has 0 saturated carbocycles. The van der Waals surface area contributed by atoms with Crippen molar-refractivity contribution in [2.24, 2.45) is 0 Å². The summed E-state index contributed by atoms with van der Waals surface area (Å²) in [4.78, 5) is 11.0. The molecule has 1 aliphatic carbocycles. The number of aromatic carboxylic acids is 1. The van der Waals surface area contributed by atoms with Crippen molar-refractivity contribution in [2.45, 2.75) is 38.6 Å². The largest absolute Gasteiger partial charge is 0.478 e. The van der Waals surface area contributed by atoms with E-state index in [0.717, 1.165) is 24.3 Å². The van der Waals surface area contributed by atoms with Crippen molar-refractivity contribution in [3.05, 3.63) is 59.4 Å². The summed E-state index contributed by atoms with van der Waals surface area (Å²) in [5.41, 5.74) is 2.62. The smallest absolute Gasteiger partial charge is 0.335 e. The Morgan fingerprint density at radius 3 is 2.84 bits per heavy atom. The Balaban J connectivity index is 0.00000225. The molecule has 2 aromatic rings. The van der Waals surface area contributed by atoms with E-state index in [1.54, 1.807) is 23.8 Å². The Morgan fingerprint density at radius 2 is 2.08 bits per heavy atom. The molecule has 0 saturated heterocycles. The van der Waals surface area contributed by atoms with Crippen molar-refractivity contribution < 1.29 is 14.3 Å². The van der Waals surface area contributed by atoms with Gasteiger partial charge >= 0.3 is 5.97 Å². The molecule has 0 radical (unpaired) electrons. The quantitative estimate of drug-likeness (QED) is 0.535. The molecule has 0 spiro atoms. The van der Waals surface area contributed by atoms with Crippen LogP contribution < -0.4 is 5.32 Å². The van der Waals surface area contributed by atoms with Gasteiger partial charge in [0.2, 0.25) is 0 Å². The van der Waals surface area contributed by atoms with Crippen molar-refractivity contribution in [3.8, 4) is 11.3 Å². The number of rotatable bonds is 7. The van der Waals surface area contributed by atoms with Gasteiger partial charge in [-0.1, -0.05) is 23.8 Å². The highest BCUT2D eigenvalue weighted by Crippen LogP contribution is 2.23. The van der Waals surface area contributed by atoms with Crippen molar-refractivity contribution in [2.75, 3.05) is 6.54 Å². The van der Waals surface area contributed by atoms with Crippen molar-refractivity contribution in [1.82, 2.24) is 5.32 Å². The van der Waals surface area contributed by atoms with E-state index in [1.807, 2.05) is 18.2 Å². The van der Waals surface area contributed by atoms with E-state index in [0.29, 0.717) is 12.3 Å². The van der Waals surface area contributed by atoms with Crippen molar-refractivity contribution in [1.29, 1.82) is 0 Å². The first-order valence-corrected chi connectivity index (χ1v) is 8.53. The second-order valence-electron chi connectivity index (χ2n) is 6.19. The molecule has 0 bridgehead atoms. The van der Waals surface area contributed by atoms with Crippen LogP contribution in [-0.2, 0) is 6.54 Å². The molecule has 0 unspecified atom stereocenters. The number of allylic oxidation sites excluding steroid dienone is 1. The minimum Gasteiger partial charge on any atom is -0.478 e. The normalized spacial score (nSPS) is 13.8. The summed E-state index contributed by atoms with van der Waals surface area (Å²) in [7, 11) is 0. The molecule has 0 aliphatic heterocycles. The fraction of sp³-hybridized carbons (Fsp3) is 0.350. The first-order chi connectivity index (χ1) is 11.7. The van der Waals surface area contributed by atoms with Gasteiger partial charge in [0.15, 0.2) is 0 Å². The average molecular weight is 362 g/mol. The summed E-state index contributed by atoms with van der Waals surface area (Å²) in [6.07, 6.45) is 8.61. The van der Waals surface area contributed by atoms with E-state index in [4.69, 9.17) is 9.52 Å². The summed E-state index contributed by atoms with van der Waals surface area (Å²) in [5.74, 6) is 0.635. The number of nitrogens with one attached hydrogen (secondary N) is 1. The van der Waals surface area contributed by atoms with Crippen LogP contribution in [-0.4, -0.2) is 17.6 Å². The summed E-state index contributed by atoms with van der Waals surface area (Å²) < 4.78 is 5.83. The summed E-state index contributed by atoms with van der Waals surface area (Å²) in [5, 5.41) is 12.5. The first kappa shape index (κ1) is 19.3. The van der Waals surface area contributed by atoms with Gasteiger partial charge in [-0.15, -0.1) is 12.4 Å². The molecule has 1 aromatic heterocycles. The lowest BCUT2D eigenvalue weighted by Crippen LogP contribution is -2.15. The van der Waals surface area contributed by atoms with Crippen LogP contribution in [0.5, 0.6) is 0 Å². The van der Waals surface area contributed by atoms with Crippen LogP contribution in [0.3, 0.4) is 0 Å². The van der Waals surface area contributed by atoms with Gasteiger partial charge in [0.25, 0.3) is 0 Å². The summed E-state index contributed by atoms with van der Waals surface area (Å²) in [6.45, 7) is 1.64. The van der Waals surface area contributed by atoms with Gasteiger partial charge in [-0.2, -0.15) is 0 Å². The molecule has 1 aromatic carbocycles. The maximum atomic E-state index is 11.0. The number of carboxylic acids is 1. The maximum Gasteiger partial charge on any atom is 0.335 e. The van der Waals surface area contributed by atoms with Crippen LogP contribution in [0.15, 0.2) is 52.5 Å². The number of carbonyl (C=O) groups is 1. The SMILES string of the molecule is Cl.O=C(O)c1cccc(-c2ccc(CNCCC3=CCCCC3)o2)c1. The standard InChI is InChI=1S/C20H23NO3.ClH/c22-20(23)17-8-4-7-16(13-17)19-10-9-18(24-19)14-21-12-11-15-5-2-1-3-6-15;/h4-5,7-10,13,21H,1-3,6,11-12,14H2,(H,22,23);1H. The third-order valence-corrected chi connectivity index (χ3v) is 4.36. The molecule has 0 atom stereocenters. The minimum absolute atomic E-state index is 0. The first-order valence-electron chi connectivity index (χ1n) is 8.53. The molecular weight excluding hydrogens is 338 g/mol. The van der Waals surface area contributed by atoms with E-state index in [-0.39, 0.29) is 18.0 Å². The second-order valence-corrected chi connectivity index (χ2v) is 6.19. The highest BCUT2D eigenvalue weighted by atomic mass is 35.5. The average Bonchev–Trinajstić information content (AvgIpc) is 3.09. The number of carboxylic acid groups (broad SMARTS) is 1. The third-order valence-electron chi connectivity index (χ3n) is 4.36. The molecule has 1 heterocycles. The summed E-state index contributed by atoms with van der Waals surface area (Å²) in [6, 6.07) is 10.6. The van der Waals surface area contributed by atoms with Crippen molar-refractivity contribution in [3.63, 3.8) is 0 Å². The molecule has 3 rings (SSSR count). The van der Waals surface area contributed by atoms with E-state index >= 15 is 0 Å². The lowest BCUT2D eigenvalue weighted by molar-refractivity contribution is 0.0697. The zero-order valence-corrected chi connectivity index (χ0v) is 15.0. The molecule has 0 amide bonds. The van der Waals surface area contributed by atoms with Crippen LogP contribution in [0.4, 0.5) is 0 Å². The van der Waals surface area contributed by atoms with E-state index in [2.05, 4.69) is 11.4 Å². The third kappa shape index (κ3) is 5.48. The number of benzene rings is 1. The Bertz CT molecular complexity index is 736. The zero-order chi connectivity index (χ0) is 16.8. The maximum absolute atomic E-state index is 11.0. The van der Waals surface area contributed by atoms with Crippen LogP contribution in [0.2, 0.25) is 0 Å². The molecule has 2 N–H and O–H groups in total. The van der Waals surface area contributed by atoms with Gasteiger partial charge in [-0.05, 0) is 62.9 Å². The molecule has 5 heteroatoms. The fourth-order valence-corrected chi connectivity index (χ4v) is 3.03. The predicted octanol–water partition coefficient (Wildman–Crippen LogP) is 5.05. The molecule has 25 heavy (non-hydrogen) atoms. The van der Waals surface area contributed by atoms with E-state index in [9.17, 15) is 4.79 Å². The molecule has 0 fully saturated rings. The van der Waals surface area contributed by atoms with E-state index < -0.39 is 5.97 Å². The lowest BCUT2D eigenvalue weighted by atomic mass is 9.97. The highest BCUT2D eigenvalue weighted by molar-refractivity contribution is 5.89. The van der Waals surface area contributed by atoms with Gasteiger partial charge in [-0.25, -0.2) is 4.79 Å². The Labute approximate surface area is 154 Å². The fourth-order valence-electron chi connectivity index (χ4n) is 3.03. The van der Waals surface area contributed by atoms with E-state index in [1.165, 1.54) is 25.7 Å². The highest BCUT2D eigenvalue weighted by Gasteiger charge is 2.09. The molecule has 4 nitrogen and oxygen atoms in total. The monoisotopic (exact) mass is 361 g/mol. The van der Waals surface area contributed by atoms with Crippen LogP contribution in [0.1, 0.15) is 48.2 Å². The van der Waals surface area contributed by atoms with Gasteiger partial charge in [0, 0.05) is 5.56 Å². The summed E-state index contributed by atoms with van der Waals surface area (Å²) >= 11 is 0. The van der Waals surface area contributed by atoms with Gasteiger partial charge in [0.1, 0.15) is 11.5 Å². The van der Waals surface area contributed by atoms with Crippen LogP contribution in [0, 0.1) is 0 Å². The van der Waals surface area contributed by atoms with Crippen molar-refractivity contribution >= 4 is 18.4 Å². The zero-order valence-electron chi connectivity index (χ0n) is 14.2. The second kappa shape index (κ2) is 9.44. The van der Waals surface area contributed by atoms with Gasteiger partial charge < -0.3 is 14.8 Å². The number of halogens is 1. The van der Waals surface area contributed by atoms with Crippen LogP contribution >= 0.6 is 12.4 Å². The number of furan rings is 1. The number of hydrogen-bond acceptors (Lipinski definition) is 3. The number of hydrogen-bond donors (Lipinski definition) is 2.